The van der Waals surface area contributed by atoms with Gasteiger partial charge in [-0.1, -0.05) is 34.1 Å². The number of ether oxygens (including phenoxy) is 1. The number of rotatable bonds is 3. The fraction of sp³-hybridized carbons (Fsp3) is 0.333. The molecule has 2 bridgehead atoms. The highest BCUT2D eigenvalue weighted by molar-refractivity contribution is 9.10. The zero-order chi connectivity index (χ0) is 15.2. The lowest BCUT2D eigenvalue weighted by molar-refractivity contribution is -0.146. The molecule has 2 aliphatic rings. The zero-order valence-corrected chi connectivity index (χ0v) is 12.8. The number of anilines is 1. The van der Waals surface area contributed by atoms with Crippen molar-refractivity contribution in [2.24, 2.45) is 11.8 Å². The van der Waals surface area contributed by atoms with Crippen LogP contribution in [0.5, 0.6) is 0 Å². The SMILES string of the molecule is C[C@@]12C=C[C@@H](O1)[C@H](C(=O)O)[C@H]2C(=O)Nc1cccc(Br)c1. The number of carbonyl (C=O) groups excluding carboxylic acids is 1. The first-order valence-electron chi connectivity index (χ1n) is 6.57. The van der Waals surface area contributed by atoms with Gasteiger partial charge in [-0.3, -0.25) is 9.59 Å². The summed E-state index contributed by atoms with van der Waals surface area (Å²) in [6, 6.07) is 7.16. The van der Waals surface area contributed by atoms with E-state index in [9.17, 15) is 14.7 Å². The van der Waals surface area contributed by atoms with Crippen LogP contribution in [-0.2, 0) is 14.3 Å². The van der Waals surface area contributed by atoms with E-state index in [0.29, 0.717) is 5.69 Å². The van der Waals surface area contributed by atoms with E-state index in [1.165, 1.54) is 0 Å². The first-order chi connectivity index (χ1) is 9.90. The summed E-state index contributed by atoms with van der Waals surface area (Å²) >= 11 is 3.33. The Balaban J connectivity index is 1.86. The molecule has 2 N–H and O–H groups in total. The maximum atomic E-state index is 12.5. The quantitative estimate of drug-likeness (QED) is 0.820. The van der Waals surface area contributed by atoms with Gasteiger partial charge in [-0.25, -0.2) is 0 Å². The van der Waals surface area contributed by atoms with Crippen LogP contribution in [0.15, 0.2) is 40.9 Å². The van der Waals surface area contributed by atoms with Crippen molar-refractivity contribution in [3.63, 3.8) is 0 Å². The van der Waals surface area contributed by atoms with Crippen molar-refractivity contribution in [2.45, 2.75) is 18.6 Å². The summed E-state index contributed by atoms with van der Waals surface area (Å²) in [7, 11) is 0. The number of nitrogens with one attached hydrogen (secondary N) is 1. The molecule has 2 aliphatic heterocycles. The number of amides is 1. The summed E-state index contributed by atoms with van der Waals surface area (Å²) in [6.07, 6.45) is 2.97. The summed E-state index contributed by atoms with van der Waals surface area (Å²) < 4.78 is 6.51. The molecule has 1 amide bonds. The fourth-order valence-corrected chi connectivity index (χ4v) is 3.47. The lowest BCUT2D eigenvalue weighted by Crippen LogP contribution is -2.44. The molecule has 0 aromatic heterocycles. The van der Waals surface area contributed by atoms with E-state index in [1.807, 2.05) is 6.07 Å². The minimum absolute atomic E-state index is 0.338. The molecule has 0 aliphatic carbocycles. The standard InChI is InChI=1S/C15H14BrNO4/c1-15-6-5-10(21-15)11(14(19)20)12(15)13(18)17-9-4-2-3-8(16)7-9/h2-7,10-12H,1H3,(H,17,18)(H,19,20)/t10-,11+,12+,15+/m1/s1. The van der Waals surface area contributed by atoms with Gasteiger partial charge >= 0.3 is 5.97 Å². The molecule has 6 heteroatoms. The average Bonchev–Trinajstić information content (AvgIpc) is 2.91. The van der Waals surface area contributed by atoms with E-state index in [4.69, 9.17) is 4.74 Å². The molecule has 110 valence electrons. The maximum absolute atomic E-state index is 12.5. The predicted octanol–water partition coefficient (Wildman–Crippen LogP) is 2.43. The molecule has 0 saturated carbocycles. The number of carbonyl (C=O) groups is 2. The number of fused-ring (bicyclic) bond motifs is 2. The number of aliphatic carboxylic acids is 1. The number of carboxylic acids is 1. The van der Waals surface area contributed by atoms with Crippen LogP contribution in [0.2, 0.25) is 0 Å². The Morgan fingerprint density at radius 2 is 2.19 bits per heavy atom. The van der Waals surface area contributed by atoms with E-state index >= 15 is 0 Å². The highest BCUT2D eigenvalue weighted by Gasteiger charge is 2.59. The molecule has 3 rings (SSSR count). The molecule has 1 saturated heterocycles. The molecule has 2 heterocycles. The highest BCUT2D eigenvalue weighted by atomic mass is 79.9. The van der Waals surface area contributed by atoms with Crippen LogP contribution < -0.4 is 5.32 Å². The summed E-state index contributed by atoms with van der Waals surface area (Å²) in [5.41, 5.74) is -0.238. The van der Waals surface area contributed by atoms with E-state index in [1.54, 1.807) is 37.3 Å². The minimum Gasteiger partial charge on any atom is -0.481 e. The summed E-state index contributed by atoms with van der Waals surface area (Å²) in [6.45, 7) is 1.75. The van der Waals surface area contributed by atoms with Crippen molar-refractivity contribution in [1.29, 1.82) is 0 Å². The molecule has 5 nitrogen and oxygen atoms in total. The van der Waals surface area contributed by atoms with Gasteiger partial charge in [0.1, 0.15) is 5.92 Å². The maximum Gasteiger partial charge on any atom is 0.310 e. The predicted molar refractivity (Wildman–Crippen MR) is 79.8 cm³/mol. The molecular formula is C15H14BrNO4. The minimum atomic E-state index is -1.01. The molecular weight excluding hydrogens is 338 g/mol. The molecule has 4 atom stereocenters. The lowest BCUT2D eigenvalue weighted by Gasteiger charge is -2.27. The van der Waals surface area contributed by atoms with Gasteiger partial charge in [0, 0.05) is 10.2 Å². The molecule has 0 radical (unpaired) electrons. The first kappa shape index (κ1) is 14.3. The lowest BCUT2D eigenvalue weighted by atomic mass is 9.75. The third-order valence-corrected chi connectivity index (χ3v) is 4.49. The molecule has 0 spiro atoms. The Kier molecular flexibility index (Phi) is 3.37. The van der Waals surface area contributed by atoms with Crippen LogP contribution >= 0.6 is 15.9 Å². The Morgan fingerprint density at radius 3 is 2.86 bits per heavy atom. The van der Waals surface area contributed by atoms with Gasteiger partial charge in [-0.2, -0.15) is 0 Å². The van der Waals surface area contributed by atoms with Gasteiger partial charge < -0.3 is 15.2 Å². The fourth-order valence-electron chi connectivity index (χ4n) is 3.07. The second kappa shape index (κ2) is 4.96. The third kappa shape index (κ3) is 2.38. The second-order valence-electron chi connectivity index (χ2n) is 5.47. The topological polar surface area (TPSA) is 75.6 Å². The second-order valence-corrected chi connectivity index (χ2v) is 6.38. The average molecular weight is 352 g/mol. The Hall–Kier alpha value is -1.66. The van der Waals surface area contributed by atoms with Gasteiger partial charge in [0.2, 0.25) is 5.91 Å². The van der Waals surface area contributed by atoms with Gasteiger partial charge in [0.15, 0.2) is 0 Å². The van der Waals surface area contributed by atoms with Crippen LogP contribution in [0.3, 0.4) is 0 Å². The van der Waals surface area contributed by atoms with Crippen molar-refractivity contribution in [3.05, 3.63) is 40.9 Å². The van der Waals surface area contributed by atoms with Crippen molar-refractivity contribution in [1.82, 2.24) is 0 Å². The van der Waals surface area contributed by atoms with Crippen molar-refractivity contribution < 1.29 is 19.4 Å². The van der Waals surface area contributed by atoms with Crippen LogP contribution in [0.1, 0.15) is 6.92 Å². The number of carboxylic acid groups (broad SMARTS) is 1. The normalized spacial score (nSPS) is 33.1. The highest BCUT2D eigenvalue weighted by Crippen LogP contribution is 2.47. The van der Waals surface area contributed by atoms with Crippen molar-refractivity contribution >= 4 is 33.5 Å². The number of hydrogen-bond donors (Lipinski definition) is 2. The largest absolute Gasteiger partial charge is 0.481 e. The van der Waals surface area contributed by atoms with Crippen LogP contribution in [0.4, 0.5) is 5.69 Å². The Labute approximate surface area is 130 Å². The van der Waals surface area contributed by atoms with E-state index in [-0.39, 0.29) is 5.91 Å². The van der Waals surface area contributed by atoms with Crippen molar-refractivity contribution in [3.8, 4) is 0 Å². The smallest absolute Gasteiger partial charge is 0.310 e. The van der Waals surface area contributed by atoms with Crippen LogP contribution in [0.25, 0.3) is 0 Å². The van der Waals surface area contributed by atoms with Gasteiger partial charge in [-0.05, 0) is 25.1 Å². The number of benzene rings is 1. The molecule has 1 fully saturated rings. The number of hydrogen-bond acceptors (Lipinski definition) is 3. The number of halogens is 1. The van der Waals surface area contributed by atoms with Gasteiger partial charge in [0.25, 0.3) is 0 Å². The van der Waals surface area contributed by atoms with Crippen molar-refractivity contribution in [2.75, 3.05) is 5.32 Å². The molecule has 21 heavy (non-hydrogen) atoms. The Bertz CT molecular complexity index is 644. The Morgan fingerprint density at radius 1 is 1.43 bits per heavy atom. The molecule has 0 unspecified atom stereocenters. The molecule has 1 aromatic rings. The monoisotopic (exact) mass is 351 g/mol. The summed E-state index contributed by atoms with van der Waals surface area (Å²) in [5, 5.41) is 12.2. The van der Waals surface area contributed by atoms with E-state index in [2.05, 4.69) is 21.2 Å². The van der Waals surface area contributed by atoms with Gasteiger partial charge in [0.05, 0.1) is 17.6 Å². The summed E-state index contributed by atoms with van der Waals surface area (Å²) in [4.78, 5) is 24.0. The summed E-state index contributed by atoms with van der Waals surface area (Å²) in [5.74, 6) is -2.95. The van der Waals surface area contributed by atoms with E-state index in [0.717, 1.165) is 4.47 Å². The zero-order valence-electron chi connectivity index (χ0n) is 11.2. The third-order valence-electron chi connectivity index (χ3n) is 4.00. The van der Waals surface area contributed by atoms with Crippen LogP contribution in [-0.4, -0.2) is 28.7 Å². The van der Waals surface area contributed by atoms with E-state index < -0.39 is 29.5 Å². The van der Waals surface area contributed by atoms with Crippen LogP contribution in [0, 0.1) is 11.8 Å². The first-order valence-corrected chi connectivity index (χ1v) is 7.36. The van der Waals surface area contributed by atoms with Gasteiger partial charge in [-0.15, -0.1) is 0 Å². The molecule has 1 aromatic carbocycles.